The first-order valence-corrected chi connectivity index (χ1v) is 5.68. The van der Waals surface area contributed by atoms with E-state index in [0.717, 1.165) is 0 Å². The van der Waals surface area contributed by atoms with Crippen molar-refractivity contribution in [2.75, 3.05) is 4.43 Å². The molecule has 0 spiro atoms. The second-order valence-electron chi connectivity index (χ2n) is 1.70. The molecule has 0 unspecified atom stereocenters. The minimum atomic E-state index is 0.330. The summed E-state index contributed by atoms with van der Waals surface area (Å²) in [5, 5.41) is 0. The fourth-order valence-corrected chi connectivity index (χ4v) is 2.46. The van der Waals surface area contributed by atoms with E-state index >= 15 is 0 Å². The summed E-state index contributed by atoms with van der Waals surface area (Å²) in [7, 11) is 0. The van der Waals surface area contributed by atoms with Crippen LogP contribution in [0.3, 0.4) is 0 Å². The molecule has 0 heterocycles. The molecule has 1 heteroatoms. The van der Waals surface area contributed by atoms with Crippen molar-refractivity contribution in [1.82, 2.24) is 0 Å². The summed E-state index contributed by atoms with van der Waals surface area (Å²) in [5.74, 6) is 0. The average molecular weight is 233 g/mol. The largest absolute Gasteiger partial charge is 0.115 e. The SMILES string of the molecule is CC[I]c1ccccc1. The molecule has 0 saturated heterocycles. The minimum absolute atomic E-state index is 0.330. The number of benzene rings is 1. The van der Waals surface area contributed by atoms with Gasteiger partial charge in [-0.05, 0) is 16.6 Å². The van der Waals surface area contributed by atoms with Crippen LogP contribution in [0.5, 0.6) is 0 Å². The Morgan fingerprint density at radius 1 is 1.22 bits per heavy atom. The average Bonchev–Trinajstić information content (AvgIpc) is 1.91. The summed E-state index contributed by atoms with van der Waals surface area (Å²) in [6, 6.07) is 10.7. The van der Waals surface area contributed by atoms with Gasteiger partial charge in [-0.15, -0.1) is 21.2 Å². The minimum Gasteiger partial charge on any atom is -0.115 e. The Morgan fingerprint density at radius 2 is 1.89 bits per heavy atom. The first-order valence-electron chi connectivity index (χ1n) is 3.07. The van der Waals surface area contributed by atoms with Crippen LogP contribution in [-0.2, 0) is 0 Å². The van der Waals surface area contributed by atoms with E-state index in [0.29, 0.717) is 21.2 Å². The van der Waals surface area contributed by atoms with Crippen molar-refractivity contribution in [2.45, 2.75) is 6.92 Å². The molecule has 1 aromatic rings. The topological polar surface area (TPSA) is 0 Å². The molecular weight excluding hydrogens is 223 g/mol. The third kappa shape index (κ3) is 2.35. The number of hydrogen-bond donors (Lipinski definition) is 0. The molecule has 1 aromatic carbocycles. The highest BCUT2D eigenvalue weighted by Crippen LogP contribution is 2.18. The zero-order valence-corrected chi connectivity index (χ0v) is 7.63. The third-order valence-corrected chi connectivity index (χ3v) is 3.38. The molecule has 0 aliphatic heterocycles. The quantitative estimate of drug-likeness (QED) is 0.544. The van der Waals surface area contributed by atoms with Crippen molar-refractivity contribution >= 4 is 21.2 Å². The van der Waals surface area contributed by atoms with Gasteiger partial charge in [-0.3, -0.25) is 0 Å². The first-order chi connectivity index (χ1) is 4.43. The summed E-state index contributed by atoms with van der Waals surface area (Å²) in [5.41, 5.74) is 0. The van der Waals surface area contributed by atoms with Crippen LogP contribution < -0.4 is 0 Å². The smallest absolute Gasteiger partial charge is 0.00377 e. The molecular formula is C8H10I. The molecule has 0 aromatic heterocycles. The van der Waals surface area contributed by atoms with E-state index in [1.807, 2.05) is 0 Å². The van der Waals surface area contributed by atoms with Crippen LogP contribution >= 0.6 is 21.2 Å². The Bertz CT molecular complexity index is 157. The summed E-state index contributed by atoms with van der Waals surface area (Å²) in [4.78, 5) is 0. The van der Waals surface area contributed by atoms with Gasteiger partial charge in [0.05, 0.1) is 0 Å². The lowest BCUT2D eigenvalue weighted by atomic mass is 10.4. The van der Waals surface area contributed by atoms with Gasteiger partial charge in [0.25, 0.3) is 0 Å². The van der Waals surface area contributed by atoms with E-state index in [1.54, 1.807) is 3.57 Å². The first kappa shape index (κ1) is 7.06. The zero-order chi connectivity index (χ0) is 6.53. The van der Waals surface area contributed by atoms with Gasteiger partial charge in [0.15, 0.2) is 0 Å². The second-order valence-corrected chi connectivity index (χ2v) is 5.23. The van der Waals surface area contributed by atoms with E-state index in [-0.39, 0.29) is 0 Å². The molecule has 0 amide bonds. The molecule has 0 atom stereocenters. The molecule has 0 saturated carbocycles. The Hall–Kier alpha value is -0.0500. The van der Waals surface area contributed by atoms with Crippen molar-refractivity contribution < 1.29 is 0 Å². The number of rotatable bonds is 2. The number of alkyl halides is 1. The maximum Gasteiger partial charge on any atom is 0.00377 e. The maximum absolute atomic E-state index is 2.25. The standard InChI is InChI=1S/C8H10I/c1-2-9-8-6-4-3-5-7-8/h3-7H,2H2,1H3. The normalized spacial score (nSPS) is 9.44. The van der Waals surface area contributed by atoms with E-state index in [1.165, 1.54) is 4.43 Å². The van der Waals surface area contributed by atoms with Crippen LogP contribution in [0.25, 0.3) is 0 Å². The predicted octanol–water partition coefficient (Wildman–Crippen LogP) is 2.85. The van der Waals surface area contributed by atoms with Gasteiger partial charge in [-0.25, -0.2) is 0 Å². The van der Waals surface area contributed by atoms with Crippen molar-refractivity contribution in [2.24, 2.45) is 0 Å². The summed E-state index contributed by atoms with van der Waals surface area (Å²) in [6.45, 7) is 2.25. The fourth-order valence-electron chi connectivity index (χ4n) is 0.658. The van der Waals surface area contributed by atoms with E-state index in [4.69, 9.17) is 0 Å². The molecule has 0 fully saturated rings. The highest BCUT2D eigenvalue weighted by atomic mass is 127. The van der Waals surface area contributed by atoms with E-state index < -0.39 is 0 Å². The van der Waals surface area contributed by atoms with Gasteiger partial charge in [-0.2, -0.15) is 0 Å². The van der Waals surface area contributed by atoms with Gasteiger partial charge in [0.2, 0.25) is 0 Å². The zero-order valence-electron chi connectivity index (χ0n) is 5.47. The van der Waals surface area contributed by atoms with Crippen LogP contribution in [0.15, 0.2) is 30.3 Å². The molecule has 0 aliphatic carbocycles. The number of halogens is 1. The molecule has 0 nitrogen and oxygen atoms in total. The van der Waals surface area contributed by atoms with Crippen molar-refractivity contribution in [1.29, 1.82) is 0 Å². The highest BCUT2D eigenvalue weighted by molar-refractivity contribution is 14.2. The third-order valence-electron chi connectivity index (χ3n) is 1.02. The Kier molecular flexibility index (Phi) is 3.04. The molecule has 0 bridgehead atoms. The van der Waals surface area contributed by atoms with Crippen molar-refractivity contribution in [3.05, 3.63) is 33.9 Å². The monoisotopic (exact) mass is 233 g/mol. The second kappa shape index (κ2) is 3.88. The van der Waals surface area contributed by atoms with Gasteiger partial charge in [0, 0.05) is 3.57 Å². The van der Waals surface area contributed by atoms with Gasteiger partial charge < -0.3 is 0 Å². The molecule has 1 radical (unpaired) electrons. The van der Waals surface area contributed by atoms with Crippen molar-refractivity contribution in [3.8, 4) is 0 Å². The molecule has 9 heavy (non-hydrogen) atoms. The molecule has 49 valence electrons. The van der Waals surface area contributed by atoms with Gasteiger partial charge in [-0.1, -0.05) is 25.1 Å². The van der Waals surface area contributed by atoms with Gasteiger partial charge in [0.1, 0.15) is 0 Å². The summed E-state index contributed by atoms with van der Waals surface area (Å²) < 4.78 is 2.90. The Labute approximate surface area is 66.5 Å². The Balaban J connectivity index is 2.61. The van der Waals surface area contributed by atoms with Gasteiger partial charge >= 0.3 is 0 Å². The van der Waals surface area contributed by atoms with Crippen LogP contribution in [0, 0.1) is 3.57 Å². The summed E-state index contributed by atoms with van der Waals surface area (Å²) in [6.07, 6.45) is 0. The predicted molar refractivity (Wildman–Crippen MR) is 49.7 cm³/mol. The molecule has 0 N–H and O–H groups in total. The lowest BCUT2D eigenvalue weighted by molar-refractivity contribution is 1.57. The molecule has 1 rings (SSSR count). The lowest BCUT2D eigenvalue weighted by Gasteiger charge is -1.93. The van der Waals surface area contributed by atoms with Crippen LogP contribution in [0.4, 0.5) is 0 Å². The van der Waals surface area contributed by atoms with E-state index in [2.05, 4.69) is 37.3 Å². The van der Waals surface area contributed by atoms with Crippen LogP contribution in [0.1, 0.15) is 6.92 Å². The number of hydrogen-bond acceptors (Lipinski definition) is 0. The lowest BCUT2D eigenvalue weighted by Crippen LogP contribution is -1.70. The molecule has 0 aliphatic rings. The Morgan fingerprint density at radius 3 is 2.44 bits per heavy atom. The van der Waals surface area contributed by atoms with Crippen LogP contribution in [-0.4, -0.2) is 4.43 Å². The maximum atomic E-state index is 2.25. The summed E-state index contributed by atoms with van der Waals surface area (Å²) >= 11 is 0.330. The highest BCUT2D eigenvalue weighted by Gasteiger charge is 1.84. The van der Waals surface area contributed by atoms with Crippen molar-refractivity contribution in [3.63, 3.8) is 0 Å². The fraction of sp³-hybridized carbons (Fsp3) is 0.250. The van der Waals surface area contributed by atoms with E-state index in [9.17, 15) is 0 Å². The van der Waals surface area contributed by atoms with Crippen LogP contribution in [0.2, 0.25) is 0 Å².